The van der Waals surface area contributed by atoms with Crippen LogP contribution in [-0.2, 0) is 0 Å². The number of anilines is 2. The van der Waals surface area contributed by atoms with Gasteiger partial charge in [-0.05, 0) is 55.7 Å². The second-order valence-corrected chi connectivity index (χ2v) is 8.83. The molecule has 2 N–H and O–H groups in total. The molecule has 0 aliphatic rings. The largest absolute Gasteiger partial charge is 0.494 e. The van der Waals surface area contributed by atoms with Gasteiger partial charge in [-0.2, -0.15) is 0 Å². The molecule has 2 aromatic carbocycles. The standard InChI is InChI=1S/C26H24ClF3N4O3/c1-15-12-33(14-31-15)23-6-5-18(11-24(23)37-2)32-21-10-17(27)13-34(26(21)36)22(4-3-7-35)16-8-19(28)25(30)20(29)9-16/h5-6,8-14,22,32,35H,3-4,7H2,1-2H3. The number of aryl methyl sites for hydroxylation is 1. The number of halogens is 4. The Bertz CT molecular complexity index is 1470. The first-order chi connectivity index (χ1) is 17.7. The molecule has 0 amide bonds. The fraction of sp³-hybridized carbons (Fsp3) is 0.231. The van der Waals surface area contributed by atoms with Gasteiger partial charge in [0.05, 0.1) is 35.9 Å². The Morgan fingerprint density at radius 2 is 1.86 bits per heavy atom. The third kappa shape index (κ3) is 5.65. The highest BCUT2D eigenvalue weighted by Crippen LogP contribution is 2.30. The lowest BCUT2D eigenvalue weighted by Gasteiger charge is -2.22. The molecule has 4 aromatic rings. The molecule has 4 rings (SSSR count). The van der Waals surface area contributed by atoms with E-state index < -0.39 is 29.1 Å². The van der Waals surface area contributed by atoms with Gasteiger partial charge in [-0.3, -0.25) is 4.79 Å². The summed E-state index contributed by atoms with van der Waals surface area (Å²) in [7, 11) is 1.52. The van der Waals surface area contributed by atoms with Crippen LogP contribution in [0, 0.1) is 24.4 Å². The number of aliphatic hydroxyl groups is 1. The van der Waals surface area contributed by atoms with Gasteiger partial charge < -0.3 is 24.3 Å². The van der Waals surface area contributed by atoms with Crippen LogP contribution in [0.2, 0.25) is 5.02 Å². The first kappa shape index (κ1) is 26.3. The SMILES string of the molecule is COc1cc(Nc2cc(Cl)cn(C(CCCO)c3cc(F)c(F)c(F)c3)c2=O)ccc1-n1cnc(C)c1. The van der Waals surface area contributed by atoms with Crippen LogP contribution in [0.1, 0.15) is 30.1 Å². The van der Waals surface area contributed by atoms with Gasteiger partial charge in [0.15, 0.2) is 17.5 Å². The molecule has 11 heteroatoms. The molecule has 1 atom stereocenters. The van der Waals surface area contributed by atoms with Crippen molar-refractivity contribution in [3.63, 3.8) is 0 Å². The van der Waals surface area contributed by atoms with Gasteiger partial charge in [0.2, 0.25) is 0 Å². The summed E-state index contributed by atoms with van der Waals surface area (Å²) in [6.07, 6.45) is 5.20. The van der Waals surface area contributed by atoms with Gasteiger partial charge in [-0.15, -0.1) is 0 Å². The number of methoxy groups -OCH3 is 1. The zero-order valence-electron chi connectivity index (χ0n) is 20.0. The minimum absolute atomic E-state index is 0.0295. The molecule has 1 unspecified atom stereocenters. The number of nitrogens with zero attached hydrogens (tertiary/aromatic N) is 3. The minimum atomic E-state index is -1.60. The molecule has 2 aromatic heterocycles. The average molecular weight is 533 g/mol. The fourth-order valence-corrected chi connectivity index (χ4v) is 4.30. The number of nitrogens with one attached hydrogen (secondary N) is 1. The second kappa shape index (κ2) is 11.1. The Morgan fingerprint density at radius 1 is 1.14 bits per heavy atom. The van der Waals surface area contributed by atoms with E-state index in [-0.39, 0.29) is 35.7 Å². The number of benzene rings is 2. The van der Waals surface area contributed by atoms with E-state index in [1.807, 2.05) is 13.1 Å². The van der Waals surface area contributed by atoms with Gasteiger partial charge >= 0.3 is 0 Å². The first-order valence-corrected chi connectivity index (χ1v) is 11.7. The Labute approximate surface area is 215 Å². The van der Waals surface area contributed by atoms with Gasteiger partial charge in [0, 0.05) is 30.8 Å². The quantitative estimate of drug-likeness (QED) is 0.277. The van der Waals surface area contributed by atoms with Crippen molar-refractivity contribution >= 4 is 23.0 Å². The average Bonchev–Trinajstić information content (AvgIpc) is 3.31. The summed E-state index contributed by atoms with van der Waals surface area (Å²) >= 11 is 6.32. The molecule has 7 nitrogen and oxygen atoms in total. The highest BCUT2D eigenvalue weighted by molar-refractivity contribution is 6.30. The lowest BCUT2D eigenvalue weighted by atomic mass is 10.0. The van der Waals surface area contributed by atoms with E-state index in [9.17, 15) is 23.1 Å². The maximum absolute atomic E-state index is 14.0. The van der Waals surface area contributed by atoms with Gasteiger partial charge in [-0.1, -0.05) is 11.6 Å². The van der Waals surface area contributed by atoms with Gasteiger partial charge in [0.1, 0.15) is 11.4 Å². The Hall–Kier alpha value is -3.76. The summed E-state index contributed by atoms with van der Waals surface area (Å²) in [5.74, 6) is -3.84. The maximum atomic E-state index is 14.0. The molecule has 194 valence electrons. The number of imidazole rings is 1. The highest BCUT2D eigenvalue weighted by atomic mass is 35.5. The van der Waals surface area contributed by atoms with Crippen LogP contribution >= 0.6 is 11.6 Å². The van der Waals surface area contributed by atoms with Crippen LogP contribution in [0.5, 0.6) is 5.75 Å². The van der Waals surface area contributed by atoms with Crippen molar-refractivity contribution in [3.8, 4) is 11.4 Å². The summed E-state index contributed by atoms with van der Waals surface area (Å²) < 4.78 is 50.1. The molecule has 0 radical (unpaired) electrons. The van der Waals surface area contributed by atoms with Crippen LogP contribution in [0.15, 0.2) is 59.9 Å². The number of hydrogen-bond acceptors (Lipinski definition) is 5. The zero-order chi connectivity index (χ0) is 26.7. The van der Waals surface area contributed by atoms with Crippen molar-refractivity contribution in [1.82, 2.24) is 14.1 Å². The lowest BCUT2D eigenvalue weighted by Crippen LogP contribution is -2.27. The minimum Gasteiger partial charge on any atom is -0.494 e. The van der Waals surface area contributed by atoms with E-state index in [0.29, 0.717) is 11.4 Å². The molecule has 0 bridgehead atoms. The molecule has 0 spiro atoms. The van der Waals surface area contributed by atoms with E-state index in [2.05, 4.69) is 10.3 Å². The molecule has 0 saturated heterocycles. The van der Waals surface area contributed by atoms with E-state index in [4.69, 9.17) is 16.3 Å². The van der Waals surface area contributed by atoms with Crippen LogP contribution in [0.3, 0.4) is 0 Å². The molecule has 0 aliphatic heterocycles. The summed E-state index contributed by atoms with van der Waals surface area (Å²) in [5.41, 5.74) is 1.68. The van der Waals surface area contributed by atoms with E-state index in [0.717, 1.165) is 23.5 Å². The van der Waals surface area contributed by atoms with E-state index in [1.165, 1.54) is 23.9 Å². The monoisotopic (exact) mass is 532 g/mol. The van der Waals surface area contributed by atoms with Gasteiger partial charge in [-0.25, -0.2) is 18.2 Å². The Kier molecular flexibility index (Phi) is 7.89. The van der Waals surface area contributed by atoms with Crippen molar-refractivity contribution in [3.05, 3.63) is 99.2 Å². The smallest absolute Gasteiger partial charge is 0.274 e. The third-order valence-electron chi connectivity index (χ3n) is 5.82. The Balaban J connectivity index is 1.74. The molecular formula is C26H24ClF3N4O3. The predicted molar refractivity (Wildman–Crippen MR) is 135 cm³/mol. The zero-order valence-corrected chi connectivity index (χ0v) is 20.8. The van der Waals surface area contributed by atoms with Crippen LogP contribution in [0.4, 0.5) is 24.5 Å². The van der Waals surface area contributed by atoms with Crippen molar-refractivity contribution in [2.45, 2.75) is 25.8 Å². The number of hydrogen-bond donors (Lipinski definition) is 2. The normalized spacial score (nSPS) is 12.0. The van der Waals surface area contributed by atoms with Crippen molar-refractivity contribution < 1.29 is 23.0 Å². The number of rotatable bonds is 9. The molecule has 0 aliphatic carbocycles. The number of pyridine rings is 1. The summed E-state index contributed by atoms with van der Waals surface area (Å²) in [6.45, 7) is 1.65. The fourth-order valence-electron chi connectivity index (χ4n) is 4.08. The molecule has 2 heterocycles. The molecular weight excluding hydrogens is 509 g/mol. The van der Waals surface area contributed by atoms with Crippen molar-refractivity contribution in [1.29, 1.82) is 0 Å². The lowest BCUT2D eigenvalue weighted by molar-refractivity contribution is 0.275. The highest BCUT2D eigenvalue weighted by Gasteiger charge is 2.22. The first-order valence-electron chi connectivity index (χ1n) is 11.3. The van der Waals surface area contributed by atoms with Crippen LogP contribution in [-0.4, -0.2) is 32.9 Å². The van der Waals surface area contributed by atoms with Crippen LogP contribution < -0.4 is 15.6 Å². The van der Waals surface area contributed by atoms with Crippen molar-refractivity contribution in [2.75, 3.05) is 19.0 Å². The molecule has 0 fully saturated rings. The summed E-state index contributed by atoms with van der Waals surface area (Å²) in [5, 5.41) is 12.5. The third-order valence-corrected chi connectivity index (χ3v) is 6.03. The van der Waals surface area contributed by atoms with Crippen LogP contribution in [0.25, 0.3) is 5.69 Å². The summed E-state index contributed by atoms with van der Waals surface area (Å²) in [6, 6.07) is 7.42. The number of aromatic nitrogens is 3. The topological polar surface area (TPSA) is 81.3 Å². The van der Waals surface area contributed by atoms with E-state index in [1.54, 1.807) is 29.1 Å². The molecule has 0 saturated carbocycles. The predicted octanol–water partition coefficient (Wildman–Crippen LogP) is 5.53. The summed E-state index contributed by atoms with van der Waals surface area (Å²) in [4.78, 5) is 17.7. The van der Waals surface area contributed by atoms with Gasteiger partial charge in [0.25, 0.3) is 5.56 Å². The number of aliphatic hydroxyl groups excluding tert-OH is 1. The van der Waals surface area contributed by atoms with E-state index >= 15 is 0 Å². The Morgan fingerprint density at radius 3 is 2.49 bits per heavy atom. The second-order valence-electron chi connectivity index (χ2n) is 8.40. The number of ether oxygens (including phenoxy) is 1. The maximum Gasteiger partial charge on any atom is 0.274 e. The molecule has 37 heavy (non-hydrogen) atoms. The van der Waals surface area contributed by atoms with Crippen molar-refractivity contribution in [2.24, 2.45) is 0 Å².